The maximum atomic E-state index is 13.6. The van der Waals surface area contributed by atoms with E-state index in [2.05, 4.69) is 10.3 Å². The third kappa shape index (κ3) is 6.26. The number of nitrogens with zero attached hydrogens (tertiary/aromatic N) is 3. The van der Waals surface area contributed by atoms with Crippen molar-refractivity contribution in [3.63, 3.8) is 0 Å². The van der Waals surface area contributed by atoms with Gasteiger partial charge in [0.1, 0.15) is 17.2 Å². The lowest BCUT2D eigenvalue weighted by atomic mass is 9.99. The van der Waals surface area contributed by atoms with Gasteiger partial charge in [-0.3, -0.25) is 9.59 Å². The molecule has 188 valence electrons. The van der Waals surface area contributed by atoms with Crippen LogP contribution in [0.4, 0.5) is 20.7 Å². The normalized spacial score (nSPS) is 18.2. The van der Waals surface area contributed by atoms with Gasteiger partial charge in [-0.1, -0.05) is 19.1 Å². The molecule has 1 aliphatic rings. The summed E-state index contributed by atoms with van der Waals surface area (Å²) in [7, 11) is 0. The molecule has 0 spiro atoms. The molecular weight excluding hydrogens is 453 g/mol. The maximum Gasteiger partial charge on any atom is 0.410 e. The van der Waals surface area contributed by atoms with Gasteiger partial charge in [0.2, 0.25) is 0 Å². The van der Waals surface area contributed by atoms with Crippen LogP contribution in [-0.4, -0.2) is 57.4 Å². The van der Waals surface area contributed by atoms with Crippen LogP contribution in [0.5, 0.6) is 0 Å². The van der Waals surface area contributed by atoms with Crippen molar-refractivity contribution >= 4 is 29.4 Å². The second kappa shape index (κ2) is 10.3. The molecule has 3 N–H and O–H groups in total. The number of nitrogen functional groups attached to an aromatic ring is 1. The molecule has 1 fully saturated rings. The van der Waals surface area contributed by atoms with Gasteiger partial charge in [-0.05, 0) is 63.4 Å². The van der Waals surface area contributed by atoms with Gasteiger partial charge in [-0.2, -0.15) is 0 Å². The van der Waals surface area contributed by atoms with Crippen molar-refractivity contribution in [2.75, 3.05) is 24.1 Å². The number of aryl methyl sites for hydroxylation is 1. The Morgan fingerprint density at radius 1 is 1.17 bits per heavy atom. The Bertz CT molecular complexity index is 1100. The third-order valence-corrected chi connectivity index (χ3v) is 5.72. The minimum absolute atomic E-state index is 0.0874. The van der Waals surface area contributed by atoms with E-state index in [0.29, 0.717) is 23.5 Å². The molecule has 0 unspecified atom stereocenters. The second-order valence-electron chi connectivity index (χ2n) is 9.58. The molecular formula is C25H32FN5O4. The van der Waals surface area contributed by atoms with Gasteiger partial charge in [0.25, 0.3) is 0 Å². The van der Waals surface area contributed by atoms with Crippen molar-refractivity contribution in [1.29, 1.82) is 0 Å². The summed E-state index contributed by atoms with van der Waals surface area (Å²) in [6.07, 6.45) is 1.49. The lowest BCUT2D eigenvalue weighted by Gasteiger charge is -2.45. The summed E-state index contributed by atoms with van der Waals surface area (Å²) < 4.78 is 19.1. The van der Waals surface area contributed by atoms with E-state index in [1.807, 2.05) is 6.92 Å². The Hall–Kier alpha value is -3.69. The first-order valence-corrected chi connectivity index (χ1v) is 11.5. The van der Waals surface area contributed by atoms with E-state index in [1.54, 1.807) is 45.9 Å². The number of hydrogen-bond donors (Lipinski definition) is 2. The van der Waals surface area contributed by atoms with Crippen LogP contribution in [0.25, 0.3) is 0 Å². The average Bonchev–Trinajstić information content (AvgIpc) is 2.79. The standard InChI is InChI=1S/C25H32FN5O4/c1-6-16-11-19(12-28-21(16)27)29-22(32)23(33)31-13-15(2)30(24(34)35-25(3,4)5)14-20(31)17-7-9-18(26)10-8-17/h7-12,15,20H,6,13-14H2,1-5H3,(H2,27,28)(H,29,32)/t15-,20-/m1/s1. The molecule has 2 atom stereocenters. The summed E-state index contributed by atoms with van der Waals surface area (Å²) >= 11 is 0. The molecule has 3 rings (SSSR count). The number of aromatic nitrogens is 1. The molecule has 1 aliphatic heterocycles. The molecule has 3 amide bonds. The largest absolute Gasteiger partial charge is 0.444 e. The van der Waals surface area contributed by atoms with Crippen LogP contribution in [0.1, 0.15) is 51.8 Å². The highest BCUT2D eigenvalue weighted by molar-refractivity contribution is 6.39. The third-order valence-electron chi connectivity index (χ3n) is 5.72. The van der Waals surface area contributed by atoms with E-state index in [0.717, 1.165) is 5.56 Å². The first-order chi connectivity index (χ1) is 16.4. The smallest absolute Gasteiger partial charge is 0.410 e. The van der Waals surface area contributed by atoms with E-state index in [1.165, 1.54) is 28.1 Å². The zero-order valence-electron chi connectivity index (χ0n) is 20.7. The average molecular weight is 486 g/mol. The van der Waals surface area contributed by atoms with Gasteiger partial charge in [0.05, 0.1) is 17.9 Å². The quantitative estimate of drug-likeness (QED) is 0.643. The summed E-state index contributed by atoms with van der Waals surface area (Å²) in [5.41, 5.74) is 6.83. The topological polar surface area (TPSA) is 118 Å². The highest BCUT2D eigenvalue weighted by atomic mass is 19.1. The molecule has 1 aromatic heterocycles. The number of rotatable bonds is 3. The van der Waals surface area contributed by atoms with Crippen LogP contribution < -0.4 is 11.1 Å². The number of piperazine rings is 1. The van der Waals surface area contributed by atoms with Gasteiger partial charge in [0.15, 0.2) is 0 Å². The number of amides is 3. The van der Waals surface area contributed by atoms with Gasteiger partial charge in [-0.25, -0.2) is 14.2 Å². The van der Waals surface area contributed by atoms with Crippen LogP contribution in [-0.2, 0) is 20.7 Å². The van der Waals surface area contributed by atoms with Gasteiger partial charge in [0, 0.05) is 19.1 Å². The summed E-state index contributed by atoms with van der Waals surface area (Å²) in [6.45, 7) is 9.18. The predicted molar refractivity (Wildman–Crippen MR) is 130 cm³/mol. The molecule has 0 radical (unpaired) electrons. The molecule has 0 aliphatic carbocycles. The molecule has 2 heterocycles. The van der Waals surface area contributed by atoms with Crippen molar-refractivity contribution < 1.29 is 23.5 Å². The van der Waals surface area contributed by atoms with Crippen LogP contribution in [0, 0.1) is 5.82 Å². The van der Waals surface area contributed by atoms with Crippen LogP contribution in [0.15, 0.2) is 36.5 Å². The second-order valence-corrected chi connectivity index (χ2v) is 9.58. The van der Waals surface area contributed by atoms with Crippen LogP contribution >= 0.6 is 0 Å². The summed E-state index contributed by atoms with van der Waals surface area (Å²) in [5, 5.41) is 2.59. The molecule has 1 saturated heterocycles. The first kappa shape index (κ1) is 25.9. The fraction of sp³-hybridized carbons (Fsp3) is 0.440. The highest BCUT2D eigenvalue weighted by Gasteiger charge is 2.40. The minimum Gasteiger partial charge on any atom is -0.444 e. The molecule has 9 nitrogen and oxygen atoms in total. The number of carbonyl (C=O) groups is 3. The van der Waals surface area contributed by atoms with E-state index >= 15 is 0 Å². The van der Waals surface area contributed by atoms with Crippen molar-refractivity contribution in [2.24, 2.45) is 0 Å². The molecule has 0 bridgehead atoms. The number of pyridine rings is 1. The van der Waals surface area contributed by atoms with Crippen molar-refractivity contribution in [1.82, 2.24) is 14.8 Å². The Morgan fingerprint density at radius 2 is 1.83 bits per heavy atom. The molecule has 2 aromatic rings. The predicted octanol–water partition coefficient (Wildman–Crippen LogP) is 3.51. The highest BCUT2D eigenvalue weighted by Crippen LogP contribution is 2.30. The number of nitrogens with one attached hydrogen (secondary N) is 1. The van der Waals surface area contributed by atoms with E-state index in [9.17, 15) is 18.8 Å². The van der Waals surface area contributed by atoms with Crippen molar-refractivity contribution in [3.05, 3.63) is 53.5 Å². The Morgan fingerprint density at radius 3 is 2.43 bits per heavy atom. The number of hydrogen-bond acceptors (Lipinski definition) is 6. The lowest BCUT2D eigenvalue weighted by molar-refractivity contribution is -0.147. The fourth-order valence-electron chi connectivity index (χ4n) is 3.93. The number of ether oxygens (including phenoxy) is 1. The van der Waals surface area contributed by atoms with Gasteiger partial charge >= 0.3 is 17.9 Å². The first-order valence-electron chi connectivity index (χ1n) is 11.5. The molecule has 35 heavy (non-hydrogen) atoms. The molecule has 0 saturated carbocycles. The van der Waals surface area contributed by atoms with E-state index < -0.39 is 41.4 Å². The summed E-state index contributed by atoms with van der Waals surface area (Å²) in [5.74, 6) is -1.69. The fourth-order valence-corrected chi connectivity index (χ4v) is 3.93. The minimum atomic E-state index is -0.844. The number of benzene rings is 1. The number of carbonyl (C=O) groups excluding carboxylic acids is 3. The maximum absolute atomic E-state index is 13.6. The van der Waals surface area contributed by atoms with Crippen LogP contribution in [0.2, 0.25) is 0 Å². The zero-order chi connectivity index (χ0) is 25.9. The van der Waals surface area contributed by atoms with Crippen molar-refractivity contribution in [3.8, 4) is 0 Å². The zero-order valence-corrected chi connectivity index (χ0v) is 20.7. The Balaban J connectivity index is 1.86. The number of nitrogens with two attached hydrogens (primary N) is 1. The summed E-state index contributed by atoms with van der Waals surface area (Å²) in [6, 6.07) is 6.23. The van der Waals surface area contributed by atoms with Crippen LogP contribution in [0.3, 0.4) is 0 Å². The molecule has 10 heteroatoms. The van der Waals surface area contributed by atoms with Crippen molar-refractivity contribution in [2.45, 2.75) is 58.7 Å². The SMILES string of the molecule is CCc1cc(NC(=O)C(=O)N2C[C@@H](C)N(C(=O)OC(C)(C)C)C[C@@H]2c2ccc(F)cc2)cnc1N. The number of halogens is 1. The monoisotopic (exact) mass is 485 g/mol. The Kier molecular flexibility index (Phi) is 7.62. The Labute approximate surface area is 204 Å². The van der Waals surface area contributed by atoms with Gasteiger partial charge in [-0.15, -0.1) is 0 Å². The molecule has 1 aromatic carbocycles. The van der Waals surface area contributed by atoms with E-state index in [-0.39, 0.29) is 13.1 Å². The summed E-state index contributed by atoms with van der Waals surface area (Å²) in [4.78, 5) is 46.0. The number of anilines is 2. The van der Waals surface area contributed by atoms with E-state index in [4.69, 9.17) is 10.5 Å². The lowest BCUT2D eigenvalue weighted by Crippen LogP contribution is -2.59. The van der Waals surface area contributed by atoms with Gasteiger partial charge < -0.3 is 25.6 Å².